The number of aliphatic hydroxyl groups is 20. The standard InChI is InChI=1S/C92H164N4O38/c1-6-8-10-12-14-16-18-20-21-22-23-24-25-26-27-28-29-31-33-35-37-39-41-43-64(107)96-55(56(106)42-40-38-36-34-32-30-19-17-15-13-11-9-7-2)50-121-89-77(117)75(115)83(61(48-101)127-89)132-92-80(120)85(134-91-79(119)84(70(110)59(46-99)125-91)133-88-66(94-53(4)104)73(113)69(109)58(45-98)124-88)71(111)63(129-92)51-122-86-67(95-54(5)105)74(114)81(60(47-100)126-86)131-90-78(118)76(116)82(62(49-102)128-90)130-87-65(93-52(3)103)72(112)68(108)57(44-97)123-87/h20-21,40,42,55-63,65-92,97-102,106,108-120H,6-19,22-39,41,43-51H2,1-5H3,(H,93,103)(H,94,104)(H,95,105)(H,96,107)/b21-20-,42-40+/t55-,56+,57?,58?,59?,60?,61?,62?,63?,65?,66?,67?,68-,69-,70-,71-,72+,73+,74+,75+,76+,77?,78?,79?,80?,81+,82-,83+,84-,85-,86+,87-,88-,89+,90-,91+,92-/m0/s1. The summed E-state index contributed by atoms with van der Waals surface area (Å²) in [5.41, 5.74) is 0. The summed E-state index contributed by atoms with van der Waals surface area (Å²) >= 11 is 0. The SMILES string of the molecule is CCCCCCCC/C=C\CCCCCCCCCCCCCCCC(=O)N[C@@H](CO[C@@H]1OC(CO)[C@@H](O[C@@H]2OC(CO[C@@H]3OC(CO)[C@@H](O[C@@H]4OC(CO)[C@H](O[C@@H]5OC(CO)[C@H](O)[C@H](O)C5NC(C)=O)[C@H](O)C4O)[C@H](O)C3NC(C)=O)[C@H](O)[C@H](O[C@H]3OC(CO)[C@H](O)[C@H](O[C@@H]4OC(CO)[C@H](O)[C@H](O)C4NC(C)=O)C3O)C2O)[C@H](O)C1O)[C@H](O)/C=C/CCCCCCCCCCCCC. The van der Waals surface area contributed by atoms with Crippen LogP contribution in [0.4, 0.5) is 0 Å². The van der Waals surface area contributed by atoms with Crippen molar-refractivity contribution in [2.45, 2.75) is 480 Å². The van der Waals surface area contributed by atoms with E-state index in [-0.39, 0.29) is 6.42 Å². The zero-order chi connectivity index (χ0) is 97.9. The van der Waals surface area contributed by atoms with E-state index < -0.39 is 303 Å². The van der Waals surface area contributed by atoms with Crippen LogP contribution in [-0.2, 0) is 85.5 Å². The zero-order valence-corrected chi connectivity index (χ0v) is 78.7. The molecule has 7 fully saturated rings. The average Bonchev–Trinajstić information content (AvgIpc) is 0.772. The Labute approximate surface area is 786 Å². The van der Waals surface area contributed by atoms with E-state index in [1.54, 1.807) is 6.08 Å². The van der Waals surface area contributed by atoms with Crippen LogP contribution < -0.4 is 21.3 Å². The fourth-order valence-corrected chi connectivity index (χ4v) is 18.0. The summed E-state index contributed by atoms with van der Waals surface area (Å²) in [6.45, 7) is -0.0751. The van der Waals surface area contributed by atoms with E-state index >= 15 is 0 Å². The normalized spacial score (nSPS) is 36.5. The third-order valence-corrected chi connectivity index (χ3v) is 25.9. The van der Waals surface area contributed by atoms with Crippen LogP contribution in [0.3, 0.4) is 0 Å². The molecular formula is C92H164N4O38. The molecule has 37 atom stereocenters. The summed E-state index contributed by atoms with van der Waals surface area (Å²) in [5.74, 6) is -2.81. The van der Waals surface area contributed by atoms with Crippen LogP contribution in [0.25, 0.3) is 0 Å². The molecule has 7 saturated heterocycles. The number of hydrogen-bond acceptors (Lipinski definition) is 38. The second-order valence-electron chi connectivity index (χ2n) is 36.7. The molecule has 7 aliphatic rings. The third kappa shape index (κ3) is 36.4. The van der Waals surface area contributed by atoms with Gasteiger partial charge in [-0.2, -0.15) is 0 Å². The predicted molar refractivity (Wildman–Crippen MR) is 475 cm³/mol. The first-order chi connectivity index (χ1) is 64.4. The van der Waals surface area contributed by atoms with Crippen LogP contribution in [-0.4, -0.2) is 406 Å². The number of aliphatic hydroxyl groups excluding tert-OH is 20. The predicted octanol–water partition coefficient (Wildman–Crippen LogP) is -1.56. The summed E-state index contributed by atoms with van der Waals surface area (Å²) in [6.07, 6.45) is -19.0. The molecule has 14 unspecified atom stereocenters. The average molecular weight is 1930 g/mol. The first-order valence-electron chi connectivity index (χ1n) is 49.1. The van der Waals surface area contributed by atoms with Crippen molar-refractivity contribution in [3.8, 4) is 0 Å². The highest BCUT2D eigenvalue weighted by molar-refractivity contribution is 5.76. The summed E-state index contributed by atoms with van der Waals surface area (Å²) in [4.78, 5) is 51.5. The van der Waals surface area contributed by atoms with Crippen molar-refractivity contribution >= 4 is 23.6 Å². The molecule has 0 aliphatic carbocycles. The maximum absolute atomic E-state index is 13.8. The molecule has 0 bridgehead atoms. The molecule has 0 aromatic heterocycles. The van der Waals surface area contributed by atoms with Crippen molar-refractivity contribution < 1.29 is 188 Å². The van der Waals surface area contributed by atoms with E-state index in [9.17, 15) is 121 Å². The van der Waals surface area contributed by atoms with Crippen LogP contribution >= 0.6 is 0 Å². The fraction of sp³-hybridized carbons (Fsp3) is 0.913. The molecule has 0 spiro atoms. The molecule has 0 radical (unpaired) electrons. The van der Waals surface area contributed by atoms with Gasteiger partial charge in [-0.05, 0) is 44.9 Å². The Kier molecular flexibility index (Phi) is 55.1. The van der Waals surface area contributed by atoms with Gasteiger partial charge < -0.3 is 190 Å². The number of amides is 4. The molecular weight excluding hydrogens is 1770 g/mol. The zero-order valence-electron chi connectivity index (χ0n) is 78.7. The van der Waals surface area contributed by atoms with Crippen molar-refractivity contribution in [2.24, 2.45) is 0 Å². The summed E-state index contributed by atoms with van der Waals surface area (Å²) < 4.78 is 83.9. The van der Waals surface area contributed by atoms with E-state index in [0.717, 1.165) is 91.4 Å². The van der Waals surface area contributed by atoms with Crippen molar-refractivity contribution in [2.75, 3.05) is 52.9 Å². The van der Waals surface area contributed by atoms with E-state index in [1.807, 2.05) is 6.08 Å². The molecule has 24 N–H and O–H groups in total. The number of rotatable bonds is 63. The fourth-order valence-electron chi connectivity index (χ4n) is 18.0. The molecule has 0 aromatic carbocycles. The van der Waals surface area contributed by atoms with E-state index in [4.69, 9.17) is 66.3 Å². The van der Waals surface area contributed by atoms with Gasteiger partial charge in [0.05, 0.1) is 65.0 Å². The molecule has 7 heterocycles. The van der Waals surface area contributed by atoms with Gasteiger partial charge in [0.15, 0.2) is 44.0 Å². The van der Waals surface area contributed by atoms with Gasteiger partial charge in [0, 0.05) is 27.2 Å². The summed E-state index contributed by atoms with van der Waals surface area (Å²) in [7, 11) is 0. The van der Waals surface area contributed by atoms with Crippen LogP contribution in [0.1, 0.15) is 253 Å². The topological polar surface area (TPSA) is 650 Å². The lowest BCUT2D eigenvalue weighted by atomic mass is 9.94. The van der Waals surface area contributed by atoms with E-state index in [0.29, 0.717) is 12.8 Å². The lowest BCUT2D eigenvalue weighted by molar-refractivity contribution is -0.391. The number of nitrogens with one attached hydrogen (secondary N) is 4. The number of hydrogen-bond donors (Lipinski definition) is 24. The highest BCUT2D eigenvalue weighted by atomic mass is 16.8. The monoisotopic (exact) mass is 1930 g/mol. The van der Waals surface area contributed by atoms with Crippen LogP contribution in [0.2, 0.25) is 0 Å². The molecule has 42 nitrogen and oxygen atoms in total. The lowest BCUT2D eigenvalue weighted by Crippen LogP contribution is -2.69. The van der Waals surface area contributed by atoms with Gasteiger partial charge in [-0.15, -0.1) is 0 Å². The number of carbonyl (C=O) groups excluding carboxylic acids is 4. The van der Waals surface area contributed by atoms with Crippen molar-refractivity contribution in [1.82, 2.24) is 21.3 Å². The first kappa shape index (κ1) is 117. The number of ether oxygens (including phenoxy) is 14. The molecule has 0 saturated carbocycles. The minimum atomic E-state index is -2.39. The molecule has 4 amide bonds. The van der Waals surface area contributed by atoms with Gasteiger partial charge in [-0.3, -0.25) is 19.2 Å². The second kappa shape index (κ2) is 63.1. The third-order valence-electron chi connectivity index (χ3n) is 25.9. The summed E-state index contributed by atoms with van der Waals surface area (Å²) in [5, 5.41) is 237. The van der Waals surface area contributed by atoms with Gasteiger partial charge in [-0.1, -0.05) is 205 Å². The Balaban J connectivity index is 1.05. The Bertz CT molecular complexity index is 3260. The number of unbranched alkanes of at least 4 members (excludes halogenated alkanes) is 30. The lowest BCUT2D eigenvalue weighted by Gasteiger charge is -2.50. The van der Waals surface area contributed by atoms with Gasteiger partial charge in [0.25, 0.3) is 0 Å². The highest BCUT2D eigenvalue weighted by Crippen LogP contribution is 2.39. The van der Waals surface area contributed by atoms with Crippen LogP contribution in [0.15, 0.2) is 24.3 Å². The summed E-state index contributed by atoms with van der Waals surface area (Å²) in [6, 6.07) is -6.22. The van der Waals surface area contributed by atoms with E-state index in [1.165, 1.54) is 128 Å². The van der Waals surface area contributed by atoms with Gasteiger partial charge >= 0.3 is 0 Å². The molecule has 7 rings (SSSR count). The molecule has 0 aromatic rings. The van der Waals surface area contributed by atoms with Gasteiger partial charge in [0.1, 0.15) is 171 Å². The van der Waals surface area contributed by atoms with Crippen LogP contribution in [0, 0.1) is 0 Å². The minimum absolute atomic E-state index is 0.122. The van der Waals surface area contributed by atoms with E-state index in [2.05, 4.69) is 47.3 Å². The van der Waals surface area contributed by atoms with Crippen LogP contribution in [0.5, 0.6) is 0 Å². The van der Waals surface area contributed by atoms with Crippen molar-refractivity contribution in [3.05, 3.63) is 24.3 Å². The molecule has 7 aliphatic heterocycles. The van der Waals surface area contributed by atoms with Crippen molar-refractivity contribution in [3.63, 3.8) is 0 Å². The Morgan fingerprint density at radius 1 is 0.299 bits per heavy atom. The van der Waals surface area contributed by atoms with Crippen molar-refractivity contribution in [1.29, 1.82) is 0 Å². The smallest absolute Gasteiger partial charge is 0.220 e. The largest absolute Gasteiger partial charge is 0.394 e. The Hall–Kier alpha value is -4.00. The molecule has 134 heavy (non-hydrogen) atoms. The first-order valence-corrected chi connectivity index (χ1v) is 49.1. The number of carbonyl (C=O) groups is 4. The minimum Gasteiger partial charge on any atom is -0.394 e. The highest BCUT2D eigenvalue weighted by Gasteiger charge is 2.59. The maximum atomic E-state index is 13.8. The van der Waals surface area contributed by atoms with Gasteiger partial charge in [0.2, 0.25) is 23.6 Å². The second-order valence-corrected chi connectivity index (χ2v) is 36.7. The quantitative estimate of drug-likeness (QED) is 0.0242. The number of allylic oxidation sites excluding steroid dienone is 3. The maximum Gasteiger partial charge on any atom is 0.220 e. The molecule has 42 heteroatoms. The Morgan fingerprint density at radius 2 is 0.597 bits per heavy atom. The molecule has 780 valence electrons. The van der Waals surface area contributed by atoms with Gasteiger partial charge in [-0.25, -0.2) is 0 Å². The Morgan fingerprint density at radius 3 is 1.01 bits per heavy atom.